The molecule has 0 spiro atoms. The number of carbonyl (C=O) groups is 1. The Hall–Kier alpha value is -3.18. The Morgan fingerprint density at radius 1 is 1.07 bits per heavy atom. The van der Waals surface area contributed by atoms with E-state index in [1.54, 1.807) is 6.07 Å². The van der Waals surface area contributed by atoms with Crippen molar-refractivity contribution in [3.63, 3.8) is 0 Å². The Labute approximate surface area is 157 Å². The summed E-state index contributed by atoms with van der Waals surface area (Å²) >= 11 is 5.90. The highest BCUT2D eigenvalue weighted by molar-refractivity contribution is 6.33. The van der Waals surface area contributed by atoms with Crippen molar-refractivity contribution in [3.8, 4) is 0 Å². The molecule has 0 saturated carbocycles. The van der Waals surface area contributed by atoms with Crippen molar-refractivity contribution in [2.75, 3.05) is 0 Å². The predicted octanol–water partition coefficient (Wildman–Crippen LogP) is 5.10. The minimum atomic E-state index is -0.903. The lowest BCUT2D eigenvalue weighted by atomic mass is 10.0. The van der Waals surface area contributed by atoms with Crippen molar-refractivity contribution in [1.29, 1.82) is 0 Å². The quantitative estimate of drug-likeness (QED) is 0.281. The molecule has 0 N–H and O–H groups in total. The molecule has 1 aromatic heterocycles. The first-order valence-corrected chi connectivity index (χ1v) is 8.48. The maximum absolute atomic E-state index is 13.9. The molecule has 0 atom stereocenters. The molecule has 0 fully saturated rings. The minimum absolute atomic E-state index is 0.0390. The fraction of sp³-hybridized carbons (Fsp3) is 0.0476. The van der Waals surface area contributed by atoms with Crippen LogP contribution in [0, 0.1) is 5.82 Å². The van der Waals surface area contributed by atoms with Crippen LogP contribution in [0.25, 0.3) is 21.7 Å². The van der Waals surface area contributed by atoms with E-state index in [0.29, 0.717) is 16.5 Å². The first-order valence-electron chi connectivity index (χ1n) is 8.10. The van der Waals surface area contributed by atoms with Gasteiger partial charge >= 0.3 is 11.6 Å². The third-order valence-electron chi connectivity index (χ3n) is 4.24. The third kappa shape index (κ3) is 3.17. The standard InChI is InChI=1S/C21H12ClFO4/c22-15-6-3-7-16(23)20(15)21(25)26-11-13-10-18(24)27-17-9-8-12-4-1-2-5-14(12)19(13)17/h1-10H,11H2. The summed E-state index contributed by atoms with van der Waals surface area (Å²) in [5, 5.41) is 2.43. The lowest BCUT2D eigenvalue weighted by Gasteiger charge is -2.10. The molecule has 4 aromatic rings. The van der Waals surface area contributed by atoms with Crippen LogP contribution in [-0.2, 0) is 11.3 Å². The van der Waals surface area contributed by atoms with Crippen LogP contribution in [0.2, 0.25) is 5.02 Å². The van der Waals surface area contributed by atoms with Gasteiger partial charge in [-0.1, -0.05) is 48.0 Å². The number of hydrogen-bond acceptors (Lipinski definition) is 4. The SMILES string of the molecule is O=C(OCc1cc(=O)oc2ccc3ccccc3c12)c1c(F)cccc1Cl. The van der Waals surface area contributed by atoms with E-state index in [4.69, 9.17) is 20.8 Å². The van der Waals surface area contributed by atoms with E-state index in [-0.39, 0.29) is 17.2 Å². The Balaban J connectivity index is 1.77. The van der Waals surface area contributed by atoms with E-state index < -0.39 is 17.4 Å². The van der Waals surface area contributed by atoms with Crippen LogP contribution in [0.15, 0.2) is 69.9 Å². The smallest absolute Gasteiger partial charge is 0.342 e. The van der Waals surface area contributed by atoms with Gasteiger partial charge in [0.2, 0.25) is 0 Å². The molecule has 0 aliphatic carbocycles. The predicted molar refractivity (Wildman–Crippen MR) is 101 cm³/mol. The van der Waals surface area contributed by atoms with Crippen LogP contribution in [0.4, 0.5) is 4.39 Å². The number of rotatable bonds is 3. The average Bonchev–Trinajstić information content (AvgIpc) is 2.65. The number of halogens is 2. The fourth-order valence-electron chi connectivity index (χ4n) is 3.04. The molecule has 0 bridgehead atoms. The van der Waals surface area contributed by atoms with Gasteiger partial charge in [0.1, 0.15) is 23.6 Å². The van der Waals surface area contributed by atoms with Crippen molar-refractivity contribution in [2.24, 2.45) is 0 Å². The summed E-state index contributed by atoms with van der Waals surface area (Å²) in [6.07, 6.45) is 0. The minimum Gasteiger partial charge on any atom is -0.457 e. The molecular formula is C21H12ClFO4. The van der Waals surface area contributed by atoms with Gasteiger partial charge in [-0.25, -0.2) is 14.0 Å². The molecule has 1 heterocycles. The van der Waals surface area contributed by atoms with Gasteiger partial charge in [-0.05, 0) is 29.0 Å². The summed E-state index contributed by atoms with van der Waals surface area (Å²) in [5.74, 6) is -1.67. The van der Waals surface area contributed by atoms with Crippen LogP contribution >= 0.6 is 11.6 Å². The second kappa shape index (κ2) is 6.85. The van der Waals surface area contributed by atoms with Crippen molar-refractivity contribution >= 4 is 39.3 Å². The van der Waals surface area contributed by atoms with Crippen LogP contribution < -0.4 is 5.63 Å². The van der Waals surface area contributed by atoms with E-state index in [0.717, 1.165) is 16.8 Å². The third-order valence-corrected chi connectivity index (χ3v) is 4.56. The van der Waals surface area contributed by atoms with Crippen LogP contribution in [0.5, 0.6) is 0 Å². The van der Waals surface area contributed by atoms with Gasteiger partial charge in [0.25, 0.3) is 0 Å². The maximum atomic E-state index is 13.9. The molecule has 6 heteroatoms. The van der Waals surface area contributed by atoms with Gasteiger partial charge in [-0.15, -0.1) is 0 Å². The summed E-state index contributed by atoms with van der Waals surface area (Å²) < 4.78 is 24.4. The topological polar surface area (TPSA) is 56.5 Å². The van der Waals surface area contributed by atoms with E-state index >= 15 is 0 Å². The van der Waals surface area contributed by atoms with Crippen molar-refractivity contribution in [1.82, 2.24) is 0 Å². The highest BCUT2D eigenvalue weighted by Crippen LogP contribution is 2.28. The van der Waals surface area contributed by atoms with Gasteiger partial charge in [0.15, 0.2) is 0 Å². The summed E-state index contributed by atoms with van der Waals surface area (Å²) in [6.45, 7) is -0.223. The summed E-state index contributed by atoms with van der Waals surface area (Å²) in [4.78, 5) is 24.2. The molecule has 134 valence electrons. The van der Waals surface area contributed by atoms with Crippen molar-refractivity contribution in [3.05, 3.63) is 93.1 Å². The fourth-order valence-corrected chi connectivity index (χ4v) is 3.28. The van der Waals surface area contributed by atoms with Crippen molar-refractivity contribution in [2.45, 2.75) is 6.61 Å². The Kier molecular flexibility index (Phi) is 4.38. The first kappa shape index (κ1) is 17.2. The Morgan fingerprint density at radius 3 is 2.70 bits per heavy atom. The highest BCUT2D eigenvalue weighted by Gasteiger charge is 2.18. The first-order chi connectivity index (χ1) is 13.0. The van der Waals surface area contributed by atoms with E-state index in [1.165, 1.54) is 18.2 Å². The second-order valence-electron chi connectivity index (χ2n) is 5.92. The lowest BCUT2D eigenvalue weighted by molar-refractivity contribution is 0.0468. The van der Waals surface area contributed by atoms with Crippen LogP contribution in [0.1, 0.15) is 15.9 Å². The zero-order valence-corrected chi connectivity index (χ0v) is 14.6. The molecule has 0 aliphatic heterocycles. The Bertz CT molecular complexity index is 1230. The largest absolute Gasteiger partial charge is 0.457 e. The van der Waals surface area contributed by atoms with Crippen LogP contribution in [0.3, 0.4) is 0 Å². The van der Waals surface area contributed by atoms with Crippen molar-refractivity contribution < 1.29 is 18.3 Å². The molecule has 0 radical (unpaired) electrons. The van der Waals surface area contributed by atoms with E-state index in [9.17, 15) is 14.0 Å². The molecular weight excluding hydrogens is 371 g/mol. The second-order valence-corrected chi connectivity index (χ2v) is 6.33. The normalized spacial score (nSPS) is 11.0. The molecule has 4 nitrogen and oxygen atoms in total. The molecule has 0 saturated heterocycles. The molecule has 0 amide bonds. The molecule has 4 rings (SSSR count). The number of carbonyl (C=O) groups excluding carboxylic acids is 1. The van der Waals surface area contributed by atoms with Gasteiger partial charge in [-0.3, -0.25) is 0 Å². The number of hydrogen-bond donors (Lipinski definition) is 0. The number of esters is 1. The highest BCUT2D eigenvalue weighted by atomic mass is 35.5. The van der Waals surface area contributed by atoms with Gasteiger partial charge in [0, 0.05) is 17.0 Å². The van der Waals surface area contributed by atoms with Crippen LogP contribution in [-0.4, -0.2) is 5.97 Å². The monoisotopic (exact) mass is 382 g/mol. The number of fused-ring (bicyclic) bond motifs is 3. The molecule has 0 aliphatic rings. The van der Waals surface area contributed by atoms with E-state index in [2.05, 4.69) is 0 Å². The maximum Gasteiger partial charge on any atom is 0.342 e. The summed E-state index contributed by atoms with van der Waals surface area (Å²) in [6, 6.07) is 16.3. The summed E-state index contributed by atoms with van der Waals surface area (Å²) in [7, 11) is 0. The molecule has 0 unspecified atom stereocenters. The van der Waals surface area contributed by atoms with E-state index in [1.807, 2.05) is 30.3 Å². The van der Waals surface area contributed by atoms with Gasteiger partial charge in [-0.2, -0.15) is 0 Å². The number of benzene rings is 3. The average molecular weight is 383 g/mol. The zero-order valence-electron chi connectivity index (χ0n) is 13.9. The van der Waals surface area contributed by atoms with Gasteiger partial charge < -0.3 is 9.15 Å². The Morgan fingerprint density at radius 2 is 1.89 bits per heavy atom. The zero-order chi connectivity index (χ0) is 19.0. The lowest BCUT2D eigenvalue weighted by Crippen LogP contribution is -2.10. The molecule has 3 aromatic carbocycles. The van der Waals surface area contributed by atoms with Gasteiger partial charge in [0.05, 0.1) is 5.02 Å². The molecule has 27 heavy (non-hydrogen) atoms. The number of ether oxygens (including phenoxy) is 1. The summed E-state index contributed by atoms with van der Waals surface area (Å²) in [5.41, 5.74) is -0.0425.